The van der Waals surface area contributed by atoms with Crippen molar-refractivity contribution >= 4 is 17.7 Å². The summed E-state index contributed by atoms with van der Waals surface area (Å²) in [5.74, 6) is -0.591. The summed E-state index contributed by atoms with van der Waals surface area (Å²) in [5, 5.41) is 2.51. The lowest BCUT2D eigenvalue weighted by molar-refractivity contribution is 0.00642. The number of nitrogens with one attached hydrogen (secondary N) is 1. The number of aromatic nitrogens is 1. The lowest BCUT2D eigenvalue weighted by Crippen LogP contribution is -2.26. The molecule has 6 heteroatoms. The van der Waals surface area contributed by atoms with Crippen LogP contribution in [0.15, 0.2) is 18.3 Å². The molecule has 1 heterocycles. The fourth-order valence-electron chi connectivity index (χ4n) is 1.45. The van der Waals surface area contributed by atoms with Crippen molar-refractivity contribution in [2.75, 3.05) is 11.9 Å². The lowest BCUT2D eigenvalue weighted by atomic mass is 10.2. The van der Waals surface area contributed by atoms with Crippen molar-refractivity contribution in [2.24, 2.45) is 0 Å². The molecule has 0 aliphatic rings. The first kappa shape index (κ1) is 16.9. The number of amides is 1. The van der Waals surface area contributed by atoms with Crippen LogP contribution in [0.5, 0.6) is 0 Å². The van der Waals surface area contributed by atoms with E-state index in [0.29, 0.717) is 6.61 Å². The van der Waals surface area contributed by atoms with Crippen LogP contribution in [0.2, 0.25) is 0 Å². The van der Waals surface area contributed by atoms with Gasteiger partial charge in [0, 0.05) is 6.20 Å². The number of unbranched alkanes of at least 4 members (excludes halogenated alkanes) is 1. The molecule has 0 saturated heterocycles. The van der Waals surface area contributed by atoms with Gasteiger partial charge in [0.15, 0.2) is 5.69 Å². The van der Waals surface area contributed by atoms with Gasteiger partial charge in [0.05, 0.1) is 12.3 Å². The topological polar surface area (TPSA) is 77.5 Å². The minimum Gasteiger partial charge on any atom is -0.455 e. The second kappa shape index (κ2) is 7.61. The van der Waals surface area contributed by atoms with Gasteiger partial charge in [-0.15, -0.1) is 0 Å². The van der Waals surface area contributed by atoms with Crippen LogP contribution in [0.25, 0.3) is 0 Å². The van der Waals surface area contributed by atoms with Crippen molar-refractivity contribution in [1.82, 2.24) is 4.98 Å². The van der Waals surface area contributed by atoms with Gasteiger partial charge in [0.2, 0.25) is 0 Å². The highest BCUT2D eigenvalue weighted by Crippen LogP contribution is 2.17. The maximum Gasteiger partial charge on any atom is 0.411 e. The Balaban J connectivity index is 2.75. The Labute approximate surface area is 124 Å². The van der Waals surface area contributed by atoms with E-state index >= 15 is 0 Å². The highest BCUT2D eigenvalue weighted by molar-refractivity contribution is 5.98. The number of carbonyl (C=O) groups is 2. The van der Waals surface area contributed by atoms with E-state index in [-0.39, 0.29) is 11.4 Å². The number of esters is 1. The minimum absolute atomic E-state index is 0.0554. The Morgan fingerprint density at radius 2 is 2.05 bits per heavy atom. The monoisotopic (exact) mass is 294 g/mol. The summed E-state index contributed by atoms with van der Waals surface area (Å²) < 4.78 is 10.2. The van der Waals surface area contributed by atoms with Crippen LogP contribution in [0.3, 0.4) is 0 Å². The summed E-state index contributed by atoms with van der Waals surface area (Å²) in [6.07, 6.45) is 2.58. The predicted octanol–water partition coefficient (Wildman–Crippen LogP) is 3.39. The summed E-state index contributed by atoms with van der Waals surface area (Å²) >= 11 is 0. The van der Waals surface area contributed by atoms with Gasteiger partial charge in [0.25, 0.3) is 0 Å². The average molecular weight is 294 g/mol. The van der Waals surface area contributed by atoms with Crippen LogP contribution in [0, 0.1) is 0 Å². The van der Waals surface area contributed by atoms with Gasteiger partial charge in [-0.25, -0.2) is 14.6 Å². The van der Waals surface area contributed by atoms with Crippen molar-refractivity contribution < 1.29 is 19.1 Å². The fourth-order valence-corrected chi connectivity index (χ4v) is 1.45. The normalized spacial score (nSPS) is 10.9. The van der Waals surface area contributed by atoms with Crippen LogP contribution in [-0.2, 0) is 9.47 Å². The molecule has 1 aromatic heterocycles. The fraction of sp³-hybridized carbons (Fsp3) is 0.533. The molecule has 116 valence electrons. The van der Waals surface area contributed by atoms with E-state index < -0.39 is 17.7 Å². The zero-order valence-electron chi connectivity index (χ0n) is 12.9. The van der Waals surface area contributed by atoms with Crippen molar-refractivity contribution in [3.05, 3.63) is 24.0 Å². The summed E-state index contributed by atoms with van der Waals surface area (Å²) in [7, 11) is 0. The Hall–Kier alpha value is -2.11. The first-order valence-electron chi connectivity index (χ1n) is 6.95. The molecule has 0 aliphatic heterocycles. The van der Waals surface area contributed by atoms with E-state index in [2.05, 4.69) is 10.3 Å². The highest BCUT2D eigenvalue weighted by Gasteiger charge is 2.22. The van der Waals surface area contributed by atoms with Gasteiger partial charge in [-0.2, -0.15) is 0 Å². The van der Waals surface area contributed by atoms with Crippen molar-refractivity contribution in [3.8, 4) is 0 Å². The molecular formula is C15H22N2O4. The molecular weight excluding hydrogens is 272 g/mol. The van der Waals surface area contributed by atoms with Crippen LogP contribution < -0.4 is 5.32 Å². The van der Waals surface area contributed by atoms with E-state index in [1.165, 1.54) is 6.20 Å². The molecule has 1 N–H and O–H groups in total. The Morgan fingerprint density at radius 1 is 1.33 bits per heavy atom. The van der Waals surface area contributed by atoms with Crippen molar-refractivity contribution in [1.29, 1.82) is 0 Å². The quantitative estimate of drug-likeness (QED) is 0.665. The van der Waals surface area contributed by atoms with E-state index in [1.807, 2.05) is 6.92 Å². The number of carbonyl (C=O) groups excluding carboxylic acids is 2. The molecule has 0 aliphatic carbocycles. The first-order chi connectivity index (χ1) is 9.83. The SMILES string of the molecule is CCCCOC(=O)Nc1cccnc1C(=O)OC(C)(C)C. The Kier molecular flexibility index (Phi) is 6.14. The number of anilines is 1. The van der Waals surface area contributed by atoms with Gasteiger partial charge in [-0.1, -0.05) is 13.3 Å². The van der Waals surface area contributed by atoms with E-state index in [9.17, 15) is 9.59 Å². The molecule has 21 heavy (non-hydrogen) atoms. The molecule has 0 saturated carbocycles. The third-order valence-electron chi connectivity index (χ3n) is 2.37. The molecule has 0 unspecified atom stereocenters. The summed E-state index contributed by atoms with van der Waals surface area (Å²) in [4.78, 5) is 27.6. The third-order valence-corrected chi connectivity index (χ3v) is 2.37. The van der Waals surface area contributed by atoms with Gasteiger partial charge in [-0.3, -0.25) is 5.32 Å². The van der Waals surface area contributed by atoms with Crippen LogP contribution >= 0.6 is 0 Å². The third kappa shape index (κ3) is 6.25. The van der Waals surface area contributed by atoms with Gasteiger partial charge < -0.3 is 9.47 Å². The number of nitrogens with zero attached hydrogens (tertiary/aromatic N) is 1. The predicted molar refractivity (Wildman–Crippen MR) is 79.3 cm³/mol. The molecule has 0 atom stereocenters. The summed E-state index contributed by atoms with van der Waals surface area (Å²) in [6.45, 7) is 7.63. The van der Waals surface area contributed by atoms with Crippen molar-refractivity contribution in [3.63, 3.8) is 0 Å². The first-order valence-corrected chi connectivity index (χ1v) is 6.95. The van der Waals surface area contributed by atoms with E-state index in [0.717, 1.165) is 12.8 Å². The zero-order chi connectivity index (χ0) is 15.9. The Bertz CT molecular complexity index is 495. The average Bonchev–Trinajstić information content (AvgIpc) is 2.37. The highest BCUT2D eigenvalue weighted by atomic mass is 16.6. The molecule has 1 rings (SSSR count). The molecule has 0 bridgehead atoms. The van der Waals surface area contributed by atoms with E-state index in [4.69, 9.17) is 9.47 Å². The van der Waals surface area contributed by atoms with Crippen LogP contribution in [-0.4, -0.2) is 29.3 Å². The number of ether oxygens (including phenoxy) is 2. The summed E-state index contributed by atoms with van der Waals surface area (Å²) in [6, 6.07) is 3.20. The smallest absolute Gasteiger partial charge is 0.411 e. The van der Waals surface area contributed by atoms with Gasteiger partial charge >= 0.3 is 12.1 Å². The molecule has 0 radical (unpaired) electrons. The molecule has 1 amide bonds. The Morgan fingerprint density at radius 3 is 2.67 bits per heavy atom. The molecule has 0 spiro atoms. The van der Waals surface area contributed by atoms with Gasteiger partial charge in [0.1, 0.15) is 5.60 Å². The molecule has 6 nitrogen and oxygen atoms in total. The van der Waals surface area contributed by atoms with Crippen LogP contribution in [0.1, 0.15) is 51.0 Å². The van der Waals surface area contributed by atoms with E-state index in [1.54, 1.807) is 32.9 Å². The lowest BCUT2D eigenvalue weighted by Gasteiger charge is -2.20. The summed E-state index contributed by atoms with van der Waals surface area (Å²) in [5.41, 5.74) is -0.304. The molecule has 0 fully saturated rings. The van der Waals surface area contributed by atoms with Gasteiger partial charge in [-0.05, 0) is 39.3 Å². The second-order valence-electron chi connectivity index (χ2n) is 5.52. The maximum atomic E-state index is 12.0. The largest absolute Gasteiger partial charge is 0.455 e. The molecule has 1 aromatic rings. The number of rotatable bonds is 5. The van der Waals surface area contributed by atoms with Crippen LogP contribution in [0.4, 0.5) is 10.5 Å². The maximum absolute atomic E-state index is 12.0. The minimum atomic E-state index is -0.631. The second-order valence-corrected chi connectivity index (χ2v) is 5.52. The number of pyridine rings is 1. The molecule has 0 aromatic carbocycles. The standard InChI is InChI=1S/C15H22N2O4/c1-5-6-10-20-14(19)17-11-8-7-9-16-12(11)13(18)21-15(2,3)4/h7-9H,5-6,10H2,1-4H3,(H,17,19). The van der Waals surface area contributed by atoms with Crippen molar-refractivity contribution in [2.45, 2.75) is 46.1 Å². The number of hydrogen-bond donors (Lipinski definition) is 1. The number of hydrogen-bond acceptors (Lipinski definition) is 5. The zero-order valence-corrected chi connectivity index (χ0v) is 12.9.